The summed E-state index contributed by atoms with van der Waals surface area (Å²) in [6.07, 6.45) is 1.73. The highest BCUT2D eigenvalue weighted by Crippen LogP contribution is 2.23. The summed E-state index contributed by atoms with van der Waals surface area (Å²) in [4.78, 5) is 13.4. The Morgan fingerprint density at radius 1 is 0.926 bits per heavy atom. The van der Waals surface area contributed by atoms with Crippen molar-refractivity contribution in [3.63, 3.8) is 0 Å². The number of benzene rings is 2. The lowest BCUT2D eigenvalue weighted by atomic mass is 10.2. The number of rotatable bonds is 4. The molecule has 0 amide bonds. The molecule has 7 heteroatoms. The van der Waals surface area contributed by atoms with Crippen molar-refractivity contribution in [1.29, 1.82) is 0 Å². The maximum absolute atomic E-state index is 13.0. The van der Waals surface area contributed by atoms with Crippen LogP contribution in [0.5, 0.6) is 0 Å². The molecule has 1 aromatic heterocycles. The van der Waals surface area contributed by atoms with Gasteiger partial charge in [0.15, 0.2) is 0 Å². The summed E-state index contributed by atoms with van der Waals surface area (Å²) in [6, 6.07) is 16.0. The molecule has 0 saturated carbocycles. The maximum atomic E-state index is 13.0. The minimum atomic E-state index is -0.271. The first kappa shape index (κ1) is 17.5. The fourth-order valence-corrected chi connectivity index (χ4v) is 3.30. The summed E-state index contributed by atoms with van der Waals surface area (Å²) in [6.45, 7) is 3.51. The van der Waals surface area contributed by atoms with Crippen LogP contribution in [-0.4, -0.2) is 36.1 Å². The molecule has 1 saturated heterocycles. The van der Waals surface area contributed by atoms with Crippen LogP contribution < -0.4 is 15.1 Å². The summed E-state index contributed by atoms with van der Waals surface area (Å²) in [7, 11) is 0. The van der Waals surface area contributed by atoms with Crippen LogP contribution in [0.4, 0.5) is 27.5 Å². The number of hydrogen-bond acceptors (Lipinski definition) is 5. The lowest BCUT2D eigenvalue weighted by Crippen LogP contribution is -2.46. The van der Waals surface area contributed by atoms with Crippen LogP contribution in [0.25, 0.3) is 0 Å². The number of nitrogens with zero attached hydrogens (tertiary/aromatic N) is 4. The van der Waals surface area contributed by atoms with Gasteiger partial charge in [0.1, 0.15) is 11.6 Å². The number of anilines is 4. The largest absolute Gasteiger partial charge is 0.368 e. The van der Waals surface area contributed by atoms with Gasteiger partial charge in [-0.05, 0) is 48.5 Å². The fraction of sp³-hybridized carbons (Fsp3) is 0.200. The van der Waals surface area contributed by atoms with Crippen molar-refractivity contribution in [2.75, 3.05) is 41.3 Å². The second-order valence-corrected chi connectivity index (χ2v) is 6.76. The van der Waals surface area contributed by atoms with E-state index in [2.05, 4.69) is 31.2 Å². The van der Waals surface area contributed by atoms with Crippen molar-refractivity contribution in [1.82, 2.24) is 9.97 Å². The van der Waals surface area contributed by atoms with Crippen LogP contribution in [0, 0.1) is 5.82 Å². The topological polar surface area (TPSA) is 44.3 Å². The third-order valence-corrected chi connectivity index (χ3v) is 4.75. The van der Waals surface area contributed by atoms with Gasteiger partial charge in [-0.3, -0.25) is 0 Å². The van der Waals surface area contributed by atoms with Crippen LogP contribution in [0.15, 0.2) is 60.8 Å². The number of piperazine rings is 1. The average Bonchev–Trinajstić information content (AvgIpc) is 2.70. The van der Waals surface area contributed by atoms with E-state index in [9.17, 15) is 4.39 Å². The lowest BCUT2D eigenvalue weighted by Gasteiger charge is -2.36. The van der Waals surface area contributed by atoms with Gasteiger partial charge < -0.3 is 15.1 Å². The first-order valence-corrected chi connectivity index (χ1v) is 9.16. The predicted molar refractivity (Wildman–Crippen MR) is 108 cm³/mol. The van der Waals surface area contributed by atoms with E-state index in [1.54, 1.807) is 18.3 Å². The van der Waals surface area contributed by atoms with Gasteiger partial charge in [-0.1, -0.05) is 17.7 Å². The Labute approximate surface area is 162 Å². The summed E-state index contributed by atoms with van der Waals surface area (Å²) in [5, 5.41) is 3.86. The average molecular weight is 384 g/mol. The molecular weight excluding hydrogens is 365 g/mol. The van der Waals surface area contributed by atoms with Gasteiger partial charge in [-0.15, -0.1) is 0 Å². The van der Waals surface area contributed by atoms with Crippen molar-refractivity contribution in [2.45, 2.75) is 0 Å². The molecule has 2 aromatic carbocycles. The zero-order chi connectivity index (χ0) is 18.6. The Morgan fingerprint density at radius 2 is 1.67 bits per heavy atom. The van der Waals surface area contributed by atoms with Crippen molar-refractivity contribution in [3.8, 4) is 0 Å². The summed E-state index contributed by atoms with van der Waals surface area (Å²) >= 11 is 6.10. The van der Waals surface area contributed by atoms with Gasteiger partial charge in [0.05, 0.1) is 0 Å². The second-order valence-electron chi connectivity index (χ2n) is 6.32. The molecule has 1 aliphatic rings. The highest BCUT2D eigenvalue weighted by Gasteiger charge is 2.19. The SMILES string of the molecule is Fc1ccc(Nc2nccc(N3CCN(c4cccc(Cl)c4)CC3)n2)cc1. The molecule has 27 heavy (non-hydrogen) atoms. The van der Waals surface area contributed by atoms with Gasteiger partial charge in [0.2, 0.25) is 5.95 Å². The molecule has 138 valence electrons. The molecule has 5 nitrogen and oxygen atoms in total. The normalized spacial score (nSPS) is 14.3. The Kier molecular flexibility index (Phi) is 5.07. The van der Waals surface area contributed by atoms with E-state index in [0.717, 1.165) is 48.4 Å². The highest BCUT2D eigenvalue weighted by atomic mass is 35.5. The monoisotopic (exact) mass is 383 g/mol. The third-order valence-electron chi connectivity index (χ3n) is 4.52. The summed E-state index contributed by atoms with van der Waals surface area (Å²) in [5.41, 5.74) is 1.89. The summed E-state index contributed by atoms with van der Waals surface area (Å²) in [5.74, 6) is 1.10. The number of nitrogens with one attached hydrogen (secondary N) is 1. The minimum Gasteiger partial charge on any atom is -0.368 e. The minimum absolute atomic E-state index is 0.271. The van der Waals surface area contributed by atoms with Gasteiger partial charge in [-0.2, -0.15) is 4.98 Å². The van der Waals surface area contributed by atoms with E-state index in [1.165, 1.54) is 12.1 Å². The Balaban J connectivity index is 1.42. The zero-order valence-corrected chi connectivity index (χ0v) is 15.4. The first-order chi connectivity index (χ1) is 13.2. The Morgan fingerprint density at radius 3 is 2.41 bits per heavy atom. The number of aromatic nitrogens is 2. The van der Waals surface area contributed by atoms with Crippen LogP contribution in [0.3, 0.4) is 0 Å². The molecule has 1 aliphatic heterocycles. The smallest absolute Gasteiger partial charge is 0.229 e. The van der Waals surface area contributed by atoms with Gasteiger partial charge in [-0.25, -0.2) is 9.37 Å². The highest BCUT2D eigenvalue weighted by molar-refractivity contribution is 6.30. The molecule has 4 rings (SSSR count). The van der Waals surface area contributed by atoms with Crippen molar-refractivity contribution >= 4 is 34.7 Å². The summed E-state index contributed by atoms with van der Waals surface area (Å²) < 4.78 is 13.0. The van der Waals surface area contributed by atoms with E-state index in [4.69, 9.17) is 11.6 Å². The molecule has 0 radical (unpaired) electrons. The number of hydrogen-bond donors (Lipinski definition) is 1. The number of halogens is 2. The maximum Gasteiger partial charge on any atom is 0.229 e. The van der Waals surface area contributed by atoms with Crippen molar-refractivity contribution in [2.24, 2.45) is 0 Å². The zero-order valence-electron chi connectivity index (χ0n) is 14.6. The quantitative estimate of drug-likeness (QED) is 0.726. The lowest BCUT2D eigenvalue weighted by molar-refractivity contribution is 0.628. The molecule has 3 aromatic rings. The Bertz CT molecular complexity index is 910. The standard InChI is InChI=1S/C20H19ClFN5/c21-15-2-1-3-18(14-15)26-10-12-27(13-11-26)19-8-9-23-20(25-19)24-17-6-4-16(22)5-7-17/h1-9,14H,10-13H2,(H,23,24,25). The predicted octanol–water partition coefficient (Wildman–Crippen LogP) is 4.34. The molecule has 0 bridgehead atoms. The van der Waals surface area contributed by atoms with Gasteiger partial charge in [0.25, 0.3) is 0 Å². The molecule has 0 aliphatic carbocycles. The molecular formula is C20H19ClFN5. The molecule has 1 N–H and O–H groups in total. The van der Waals surface area contributed by atoms with E-state index >= 15 is 0 Å². The van der Waals surface area contributed by atoms with E-state index in [-0.39, 0.29) is 5.82 Å². The van der Waals surface area contributed by atoms with Crippen molar-refractivity contribution in [3.05, 3.63) is 71.6 Å². The van der Waals surface area contributed by atoms with Crippen LogP contribution in [0.2, 0.25) is 5.02 Å². The van der Waals surface area contributed by atoms with E-state index < -0.39 is 0 Å². The molecule has 0 spiro atoms. The van der Waals surface area contributed by atoms with E-state index in [0.29, 0.717) is 5.95 Å². The fourth-order valence-electron chi connectivity index (χ4n) is 3.11. The van der Waals surface area contributed by atoms with Crippen molar-refractivity contribution < 1.29 is 4.39 Å². The molecule has 0 unspecified atom stereocenters. The Hall–Kier alpha value is -2.86. The van der Waals surface area contributed by atoms with Gasteiger partial charge in [0, 0.05) is 48.8 Å². The second kappa shape index (κ2) is 7.80. The van der Waals surface area contributed by atoms with Crippen LogP contribution in [0.1, 0.15) is 0 Å². The first-order valence-electron chi connectivity index (χ1n) is 8.78. The van der Waals surface area contributed by atoms with Crippen LogP contribution >= 0.6 is 11.6 Å². The van der Waals surface area contributed by atoms with Crippen LogP contribution in [-0.2, 0) is 0 Å². The molecule has 2 heterocycles. The third kappa shape index (κ3) is 4.28. The molecule has 1 fully saturated rings. The van der Waals surface area contributed by atoms with E-state index in [1.807, 2.05) is 24.3 Å². The van der Waals surface area contributed by atoms with Gasteiger partial charge >= 0.3 is 0 Å². The molecule has 0 atom stereocenters.